The molecule has 2 aromatic heterocycles. The summed E-state index contributed by atoms with van der Waals surface area (Å²) in [5, 5.41) is 8.75. The number of rotatable bonds is 6. The molecule has 2 atom stereocenters. The van der Waals surface area contributed by atoms with E-state index in [1.165, 1.54) is 71.0 Å². The second kappa shape index (κ2) is 13.8. The molecular weight excluding hydrogens is 729 g/mol. The number of anilines is 3. The Morgan fingerprint density at radius 3 is 1.88 bits per heavy atom. The first-order valence-electron chi connectivity index (χ1n) is 20.9. The van der Waals surface area contributed by atoms with E-state index < -0.39 is 0 Å². The quantitative estimate of drug-likeness (QED) is 0.157. The summed E-state index contributed by atoms with van der Waals surface area (Å²) in [6.45, 7) is 2.29. The summed E-state index contributed by atoms with van der Waals surface area (Å²) in [4.78, 5) is 2.39. The topological polar surface area (TPSA) is 21.3 Å². The van der Waals surface area contributed by atoms with Crippen LogP contribution in [-0.2, 0) is 0 Å². The van der Waals surface area contributed by atoms with E-state index >= 15 is 0 Å². The van der Waals surface area contributed by atoms with Gasteiger partial charge in [-0.1, -0.05) is 159 Å². The van der Waals surface area contributed by atoms with E-state index in [1.807, 2.05) is 0 Å². The van der Waals surface area contributed by atoms with Crippen LogP contribution in [0.25, 0.3) is 77.2 Å². The monoisotopic (exact) mass is 768 g/mol. The number of aromatic nitrogens is 1. The number of benzene rings is 9. The Balaban J connectivity index is 0.988. The van der Waals surface area contributed by atoms with Gasteiger partial charge in [0.05, 0.1) is 11.0 Å². The molecule has 0 fully saturated rings. The highest BCUT2D eigenvalue weighted by atomic mass is 16.3. The maximum Gasteiger partial charge on any atom is 0.134 e. The van der Waals surface area contributed by atoms with Crippen LogP contribution in [0.15, 0.2) is 211 Å². The van der Waals surface area contributed by atoms with E-state index in [0.717, 1.165) is 34.1 Å². The van der Waals surface area contributed by atoms with E-state index in [2.05, 4.69) is 229 Å². The molecule has 0 aliphatic heterocycles. The van der Waals surface area contributed by atoms with Crippen LogP contribution >= 0.6 is 0 Å². The molecule has 9 aromatic carbocycles. The number of nitrogens with zero attached hydrogens (tertiary/aromatic N) is 2. The summed E-state index contributed by atoms with van der Waals surface area (Å²) in [6, 6.07) is 72.8. The van der Waals surface area contributed by atoms with Crippen molar-refractivity contribution in [3.05, 3.63) is 223 Å². The van der Waals surface area contributed by atoms with Crippen molar-refractivity contribution >= 4 is 77.5 Å². The van der Waals surface area contributed by atoms with Gasteiger partial charge in [-0.25, -0.2) is 0 Å². The first kappa shape index (κ1) is 34.4. The van der Waals surface area contributed by atoms with E-state index in [-0.39, 0.29) is 5.92 Å². The van der Waals surface area contributed by atoms with Crippen LogP contribution in [0.4, 0.5) is 17.1 Å². The lowest BCUT2D eigenvalue weighted by atomic mass is 9.80. The zero-order valence-electron chi connectivity index (χ0n) is 33.2. The summed E-state index contributed by atoms with van der Waals surface area (Å²) >= 11 is 0. The second-order valence-electron chi connectivity index (χ2n) is 16.1. The highest BCUT2D eigenvalue weighted by Gasteiger charge is 2.30. The zero-order chi connectivity index (χ0) is 39.7. The Morgan fingerprint density at radius 1 is 0.483 bits per heavy atom. The lowest BCUT2D eigenvalue weighted by molar-refractivity contribution is 0.469. The van der Waals surface area contributed by atoms with Crippen LogP contribution in [0.3, 0.4) is 0 Å². The highest BCUT2D eigenvalue weighted by molar-refractivity contribution is 6.12. The molecule has 0 radical (unpaired) electrons. The smallest absolute Gasteiger partial charge is 0.134 e. The lowest BCUT2D eigenvalue weighted by Gasteiger charge is -2.28. The van der Waals surface area contributed by atoms with Crippen molar-refractivity contribution in [2.24, 2.45) is 5.92 Å². The lowest BCUT2D eigenvalue weighted by Crippen LogP contribution is -2.14. The maximum absolute atomic E-state index is 6.59. The Kier molecular flexibility index (Phi) is 7.89. The SMILES string of the molecule is CC1C=Cc2c(oc3ccccc23)C1c1ccc(N(c2ccc(-c3cccc4c3ccc3ccccc34)cc2)c2cccc(-n3c4ccccc4c4ccccc43)c2)cc1. The van der Waals surface area contributed by atoms with Gasteiger partial charge >= 0.3 is 0 Å². The van der Waals surface area contributed by atoms with Gasteiger partial charge in [0.25, 0.3) is 0 Å². The molecule has 284 valence electrons. The van der Waals surface area contributed by atoms with Crippen molar-refractivity contribution in [1.82, 2.24) is 4.57 Å². The Morgan fingerprint density at radius 2 is 1.12 bits per heavy atom. The summed E-state index contributed by atoms with van der Waals surface area (Å²) in [7, 11) is 0. The van der Waals surface area contributed by atoms with Crippen LogP contribution < -0.4 is 4.90 Å². The molecule has 0 amide bonds. The molecule has 3 nitrogen and oxygen atoms in total. The number of para-hydroxylation sites is 3. The third-order valence-corrected chi connectivity index (χ3v) is 12.7. The number of furan rings is 1. The van der Waals surface area contributed by atoms with Gasteiger partial charge < -0.3 is 13.9 Å². The van der Waals surface area contributed by atoms with Crippen molar-refractivity contribution < 1.29 is 4.42 Å². The summed E-state index contributed by atoms with van der Waals surface area (Å²) in [5.41, 5.74) is 12.6. The van der Waals surface area contributed by atoms with Gasteiger partial charge in [-0.05, 0) is 105 Å². The molecule has 0 N–H and O–H groups in total. The standard InChI is InChI=1S/C57H40N2O/c1-37-24-34-52-51-18-6-9-23-55(51)60-57(52)56(37)40-27-32-42(33-28-40)58(43-13-10-14-44(36-43)59-53-21-7-4-16-49(53)50-17-5-8-22-54(50)59)41-30-25-39(26-31-41)46-19-11-20-47-45-15-3-2-12-38(45)29-35-48(46)47/h2-37,56H,1H3. The van der Waals surface area contributed by atoms with Gasteiger partial charge in [0.15, 0.2) is 0 Å². The van der Waals surface area contributed by atoms with Crippen molar-refractivity contribution in [2.75, 3.05) is 4.90 Å². The third-order valence-electron chi connectivity index (χ3n) is 12.7. The first-order valence-corrected chi connectivity index (χ1v) is 20.9. The van der Waals surface area contributed by atoms with Crippen molar-refractivity contribution in [3.8, 4) is 16.8 Å². The van der Waals surface area contributed by atoms with Crippen molar-refractivity contribution in [1.29, 1.82) is 0 Å². The van der Waals surface area contributed by atoms with Crippen LogP contribution in [0.1, 0.15) is 29.7 Å². The highest BCUT2D eigenvalue weighted by Crippen LogP contribution is 2.45. The van der Waals surface area contributed by atoms with Gasteiger partial charge in [0.2, 0.25) is 0 Å². The van der Waals surface area contributed by atoms with Crippen molar-refractivity contribution in [3.63, 3.8) is 0 Å². The molecular formula is C57H40N2O. The molecule has 2 unspecified atom stereocenters. The third kappa shape index (κ3) is 5.43. The fourth-order valence-corrected chi connectivity index (χ4v) is 9.87. The minimum absolute atomic E-state index is 0.121. The molecule has 60 heavy (non-hydrogen) atoms. The molecule has 12 rings (SSSR count). The zero-order valence-corrected chi connectivity index (χ0v) is 33.2. The molecule has 0 saturated heterocycles. The molecule has 0 spiro atoms. The van der Waals surface area contributed by atoms with E-state index in [0.29, 0.717) is 5.92 Å². The number of allylic oxidation sites excluding steroid dienone is 1. The summed E-state index contributed by atoms with van der Waals surface area (Å²) in [5.74, 6) is 1.46. The van der Waals surface area contributed by atoms with Crippen LogP contribution in [0, 0.1) is 5.92 Å². The minimum atomic E-state index is 0.121. The van der Waals surface area contributed by atoms with E-state index in [1.54, 1.807) is 0 Å². The molecule has 11 aromatic rings. The maximum atomic E-state index is 6.59. The van der Waals surface area contributed by atoms with Gasteiger partial charge in [-0.3, -0.25) is 0 Å². The Bertz CT molecular complexity index is 3400. The number of hydrogen-bond acceptors (Lipinski definition) is 2. The normalized spacial score (nSPS) is 15.0. The van der Waals surface area contributed by atoms with Gasteiger partial charge in [0.1, 0.15) is 11.3 Å². The van der Waals surface area contributed by atoms with Gasteiger partial charge in [-0.2, -0.15) is 0 Å². The van der Waals surface area contributed by atoms with Crippen molar-refractivity contribution in [2.45, 2.75) is 12.8 Å². The number of fused-ring (bicyclic) bond motifs is 9. The fraction of sp³-hybridized carbons (Fsp3) is 0.0526. The Labute approximate surface area is 348 Å². The van der Waals surface area contributed by atoms with Crippen LogP contribution in [0.2, 0.25) is 0 Å². The minimum Gasteiger partial charge on any atom is -0.460 e. The summed E-state index contributed by atoms with van der Waals surface area (Å²) in [6.07, 6.45) is 4.57. The summed E-state index contributed by atoms with van der Waals surface area (Å²) < 4.78 is 8.98. The number of hydrogen-bond donors (Lipinski definition) is 0. The predicted octanol–water partition coefficient (Wildman–Crippen LogP) is 15.8. The average molecular weight is 769 g/mol. The van der Waals surface area contributed by atoms with Crippen LogP contribution in [-0.4, -0.2) is 4.57 Å². The average Bonchev–Trinajstić information content (AvgIpc) is 3.85. The van der Waals surface area contributed by atoms with E-state index in [4.69, 9.17) is 4.42 Å². The second-order valence-corrected chi connectivity index (χ2v) is 16.1. The van der Waals surface area contributed by atoms with Crippen LogP contribution in [0.5, 0.6) is 0 Å². The first-order chi connectivity index (χ1) is 29.7. The molecule has 3 heteroatoms. The predicted molar refractivity (Wildman–Crippen MR) is 252 cm³/mol. The molecule has 1 aliphatic carbocycles. The van der Waals surface area contributed by atoms with Gasteiger partial charge in [-0.15, -0.1) is 0 Å². The Hall–Kier alpha value is -7.62. The fourth-order valence-electron chi connectivity index (χ4n) is 9.87. The molecule has 2 heterocycles. The van der Waals surface area contributed by atoms with Gasteiger partial charge in [0, 0.05) is 50.4 Å². The molecule has 0 saturated carbocycles. The largest absolute Gasteiger partial charge is 0.460 e. The molecule has 0 bridgehead atoms. The van der Waals surface area contributed by atoms with E-state index in [9.17, 15) is 0 Å². The molecule has 1 aliphatic rings.